The molecule has 0 bridgehead atoms. The number of aromatic nitrogens is 4. The highest BCUT2D eigenvalue weighted by atomic mass is 31.2. The summed E-state index contributed by atoms with van der Waals surface area (Å²) in [5.74, 6) is 2.13. The summed E-state index contributed by atoms with van der Waals surface area (Å²) in [6, 6.07) is 4.48. The molecule has 0 radical (unpaired) electrons. The molecule has 0 fully saturated rings. The van der Waals surface area contributed by atoms with Gasteiger partial charge in [-0.3, -0.25) is 13.6 Å². The van der Waals surface area contributed by atoms with E-state index < -0.39 is 7.44 Å². The van der Waals surface area contributed by atoms with Gasteiger partial charge in [-0.2, -0.15) is 0 Å². The molecule has 1 atom stereocenters. The monoisotopic (exact) mass is 465 g/mol. The molecule has 2 aliphatic rings. The first-order valence-corrected chi connectivity index (χ1v) is 13.8. The van der Waals surface area contributed by atoms with Crippen LogP contribution in [0.2, 0.25) is 0 Å². The van der Waals surface area contributed by atoms with Crippen molar-refractivity contribution in [3.8, 4) is 11.4 Å². The quantitative estimate of drug-likeness (QED) is 0.354. The summed E-state index contributed by atoms with van der Waals surface area (Å²) in [4.78, 5) is 14.5. The van der Waals surface area contributed by atoms with Crippen LogP contribution in [0.4, 0.5) is 5.82 Å². The molecule has 3 heterocycles. The number of imidazole rings is 1. The number of hydrogen-bond acceptors (Lipinski definition) is 4. The number of rotatable bonds is 0. The standard InChI is InChI=1S/C26H36N5OP/c1-23(2,3)22-27-14-15-20(29-22)30(10)33(11,32)31-19-13-17-16(12-18(19)28-21(15)31)24(4,5)26(8,9)25(17,6)7/h12-14H,1-11H3. The Morgan fingerprint density at radius 2 is 1.52 bits per heavy atom. The van der Waals surface area contributed by atoms with Crippen molar-refractivity contribution in [3.63, 3.8) is 0 Å². The first kappa shape index (κ1) is 22.6. The van der Waals surface area contributed by atoms with Crippen LogP contribution in [0, 0.1) is 5.41 Å². The zero-order valence-corrected chi connectivity index (χ0v) is 22.7. The molecule has 7 heteroatoms. The number of benzene rings is 1. The van der Waals surface area contributed by atoms with Crippen molar-refractivity contribution in [1.29, 1.82) is 0 Å². The zero-order valence-electron chi connectivity index (χ0n) is 21.8. The van der Waals surface area contributed by atoms with E-state index in [1.165, 1.54) is 11.1 Å². The van der Waals surface area contributed by atoms with Gasteiger partial charge in [0.25, 0.3) is 7.44 Å². The lowest BCUT2D eigenvalue weighted by atomic mass is 9.59. The Kier molecular flexibility index (Phi) is 4.16. The van der Waals surface area contributed by atoms with Crippen molar-refractivity contribution in [2.45, 2.75) is 78.6 Å². The molecular weight excluding hydrogens is 429 g/mol. The summed E-state index contributed by atoms with van der Waals surface area (Å²) in [6.07, 6.45) is 1.85. The highest BCUT2D eigenvalue weighted by molar-refractivity contribution is 7.63. The van der Waals surface area contributed by atoms with E-state index in [2.05, 4.69) is 79.4 Å². The number of fused-ring (bicyclic) bond motifs is 6. The fourth-order valence-corrected chi connectivity index (χ4v) is 7.44. The molecule has 6 nitrogen and oxygen atoms in total. The summed E-state index contributed by atoms with van der Waals surface area (Å²) < 4.78 is 18.1. The van der Waals surface area contributed by atoms with Crippen LogP contribution in [-0.4, -0.2) is 33.0 Å². The van der Waals surface area contributed by atoms with Gasteiger partial charge in [-0.25, -0.2) is 15.0 Å². The molecule has 3 aromatic rings. The van der Waals surface area contributed by atoms with E-state index in [9.17, 15) is 4.57 Å². The summed E-state index contributed by atoms with van der Waals surface area (Å²) in [6.45, 7) is 22.1. The van der Waals surface area contributed by atoms with Gasteiger partial charge in [0.1, 0.15) is 11.6 Å². The Labute approximate surface area is 197 Å². The van der Waals surface area contributed by atoms with E-state index in [-0.39, 0.29) is 21.7 Å². The molecule has 33 heavy (non-hydrogen) atoms. The summed E-state index contributed by atoms with van der Waals surface area (Å²) in [5.41, 5.74) is 5.10. The Morgan fingerprint density at radius 3 is 2.09 bits per heavy atom. The average molecular weight is 466 g/mol. The Balaban J connectivity index is 1.85. The third-order valence-corrected chi connectivity index (χ3v) is 11.6. The lowest BCUT2D eigenvalue weighted by molar-refractivity contribution is 0.125. The summed E-state index contributed by atoms with van der Waals surface area (Å²) in [7, 11) is -1.13. The van der Waals surface area contributed by atoms with Gasteiger partial charge in [0.15, 0.2) is 5.82 Å². The van der Waals surface area contributed by atoms with Gasteiger partial charge < -0.3 is 0 Å². The summed E-state index contributed by atoms with van der Waals surface area (Å²) >= 11 is 0. The predicted octanol–water partition coefficient (Wildman–Crippen LogP) is 6.51. The largest absolute Gasteiger partial charge is 0.293 e. The van der Waals surface area contributed by atoms with Gasteiger partial charge >= 0.3 is 0 Å². The van der Waals surface area contributed by atoms with Gasteiger partial charge in [0.2, 0.25) is 0 Å². The number of anilines is 1. The molecule has 0 saturated heterocycles. The van der Waals surface area contributed by atoms with Crippen LogP contribution in [0.25, 0.3) is 22.4 Å². The maximum atomic E-state index is 14.3. The average Bonchev–Trinajstić information content (AvgIpc) is 3.13. The van der Waals surface area contributed by atoms with E-state index >= 15 is 0 Å². The van der Waals surface area contributed by atoms with E-state index in [1.807, 2.05) is 28.9 Å². The van der Waals surface area contributed by atoms with Crippen LogP contribution in [0.3, 0.4) is 0 Å². The van der Waals surface area contributed by atoms with Crippen molar-refractivity contribution in [1.82, 2.24) is 19.3 Å². The van der Waals surface area contributed by atoms with Crippen molar-refractivity contribution in [2.75, 3.05) is 18.4 Å². The van der Waals surface area contributed by atoms with Crippen LogP contribution in [-0.2, 0) is 20.8 Å². The highest BCUT2D eigenvalue weighted by Crippen LogP contribution is 2.63. The third-order valence-electron chi connectivity index (χ3n) is 9.16. The minimum absolute atomic E-state index is 0.0144. The van der Waals surface area contributed by atoms with Gasteiger partial charge in [-0.1, -0.05) is 62.3 Å². The van der Waals surface area contributed by atoms with Crippen molar-refractivity contribution in [3.05, 3.63) is 35.3 Å². The van der Waals surface area contributed by atoms with E-state index in [0.717, 1.165) is 22.4 Å². The number of hydrogen-bond donors (Lipinski definition) is 0. The van der Waals surface area contributed by atoms with Gasteiger partial charge in [0.05, 0.1) is 16.6 Å². The highest BCUT2D eigenvalue weighted by Gasteiger charge is 2.57. The van der Waals surface area contributed by atoms with Gasteiger partial charge in [-0.15, -0.1) is 0 Å². The second kappa shape index (κ2) is 6.07. The molecule has 0 saturated carbocycles. The fourth-order valence-electron chi connectivity index (χ4n) is 5.60. The molecule has 176 valence electrons. The first-order valence-electron chi connectivity index (χ1n) is 11.7. The molecular formula is C26H36N5OP. The third kappa shape index (κ3) is 2.56. The molecule has 1 aliphatic heterocycles. The predicted molar refractivity (Wildman–Crippen MR) is 137 cm³/mol. The maximum absolute atomic E-state index is 14.3. The van der Waals surface area contributed by atoms with Gasteiger partial charge in [-0.05, 0) is 39.5 Å². The molecule has 1 unspecified atom stereocenters. The molecule has 1 aromatic carbocycles. The lowest BCUT2D eigenvalue weighted by Crippen LogP contribution is -2.42. The smallest absolute Gasteiger partial charge is 0.266 e. The Morgan fingerprint density at radius 1 is 0.939 bits per heavy atom. The summed E-state index contributed by atoms with van der Waals surface area (Å²) in [5, 5.41) is 0. The maximum Gasteiger partial charge on any atom is 0.266 e. The van der Waals surface area contributed by atoms with Crippen LogP contribution in [0.5, 0.6) is 0 Å². The van der Waals surface area contributed by atoms with Crippen LogP contribution in [0.1, 0.15) is 79.3 Å². The minimum atomic E-state index is -3.00. The van der Waals surface area contributed by atoms with Gasteiger partial charge in [0, 0.05) is 25.3 Å². The first-order chi connectivity index (χ1) is 14.9. The lowest BCUT2D eigenvalue weighted by Gasteiger charge is -2.44. The fraction of sp³-hybridized carbons (Fsp3) is 0.577. The normalized spacial score (nSPS) is 24.5. The zero-order chi connectivity index (χ0) is 24.5. The minimum Gasteiger partial charge on any atom is -0.293 e. The van der Waals surface area contributed by atoms with Crippen molar-refractivity contribution >= 4 is 24.3 Å². The molecule has 0 N–H and O–H groups in total. The van der Waals surface area contributed by atoms with Crippen molar-refractivity contribution in [2.24, 2.45) is 5.41 Å². The molecule has 5 rings (SSSR count). The Bertz CT molecular complexity index is 1390. The second-order valence-corrected chi connectivity index (χ2v) is 15.2. The second-order valence-electron chi connectivity index (χ2n) is 12.5. The Hall–Kier alpha value is -2.20. The molecule has 0 spiro atoms. The number of nitrogens with zero attached hydrogens (tertiary/aromatic N) is 5. The topological polar surface area (TPSA) is 63.9 Å². The van der Waals surface area contributed by atoms with E-state index in [0.29, 0.717) is 11.6 Å². The van der Waals surface area contributed by atoms with Crippen LogP contribution >= 0.6 is 7.44 Å². The SMILES string of the molecule is CN1c2nc(C(C)(C)C)ncc2-c2nc3cc4c(cc3n2P1(C)=O)C(C)(C)C(C)(C)C4(C)C. The van der Waals surface area contributed by atoms with E-state index in [4.69, 9.17) is 9.97 Å². The van der Waals surface area contributed by atoms with Crippen LogP contribution < -0.4 is 4.67 Å². The van der Waals surface area contributed by atoms with Crippen molar-refractivity contribution < 1.29 is 4.57 Å². The molecule has 1 aliphatic carbocycles. The molecule has 2 aromatic heterocycles. The van der Waals surface area contributed by atoms with E-state index in [1.54, 1.807) is 0 Å². The van der Waals surface area contributed by atoms with Crippen LogP contribution in [0.15, 0.2) is 18.3 Å². The molecule has 0 amide bonds.